The van der Waals surface area contributed by atoms with Gasteiger partial charge in [-0.15, -0.1) is 0 Å². The van der Waals surface area contributed by atoms with Crippen molar-refractivity contribution in [1.82, 2.24) is 0 Å². The molecular weight excluding hydrogens is 667 g/mol. The molecule has 0 aliphatic rings. The number of ether oxygens (including phenoxy) is 1. The maximum Gasteiger partial charge on any atom is 0.174 e. The summed E-state index contributed by atoms with van der Waals surface area (Å²) in [4.78, 5) is 0. The van der Waals surface area contributed by atoms with E-state index < -0.39 is 23.3 Å². The highest BCUT2D eigenvalue weighted by Gasteiger charge is 2.30. The summed E-state index contributed by atoms with van der Waals surface area (Å²) in [5.74, 6) is -3.53. The van der Waals surface area contributed by atoms with Crippen molar-refractivity contribution in [1.29, 1.82) is 0 Å². The lowest BCUT2D eigenvalue weighted by Gasteiger charge is -2.22. The minimum atomic E-state index is -0.854. The van der Waals surface area contributed by atoms with Gasteiger partial charge in [-0.3, -0.25) is 0 Å². The Morgan fingerprint density at radius 1 is 0.735 bits per heavy atom. The highest BCUT2D eigenvalue weighted by Crippen LogP contribution is 2.52. The fraction of sp³-hybridized carbons (Fsp3) is 0.0400. The van der Waals surface area contributed by atoms with Crippen molar-refractivity contribution in [2.24, 2.45) is 0 Å². The summed E-state index contributed by atoms with van der Waals surface area (Å²) in [5, 5.41) is 0.351. The van der Waals surface area contributed by atoms with Crippen molar-refractivity contribution in [3.05, 3.63) is 96.3 Å². The zero-order valence-electron chi connectivity index (χ0n) is 17.1. The summed E-state index contributed by atoms with van der Waals surface area (Å²) in [5.41, 5.74) is 0.0597. The molecule has 0 aliphatic carbocycles. The number of halogens is 8. The van der Waals surface area contributed by atoms with Crippen molar-refractivity contribution in [3.63, 3.8) is 0 Å². The third-order valence-electron chi connectivity index (χ3n) is 5.13. The average molecular weight is 680 g/mol. The van der Waals surface area contributed by atoms with Crippen molar-refractivity contribution in [2.75, 3.05) is 7.11 Å². The van der Waals surface area contributed by atoms with E-state index in [1.165, 1.54) is 25.3 Å². The standard InChI is InChI=1S/C25H12Br3ClF4O/c1-34-25-22(15-9-19(32)16(27)10-18(15)31)21(14-6-5-12(26)8-17(14)30)23(28)20(24(25)33)11-3-2-4-13(29)7-11/h2-10H,1H3. The molecule has 9 heteroatoms. The summed E-state index contributed by atoms with van der Waals surface area (Å²) >= 11 is 15.7. The molecule has 0 unspecified atom stereocenters. The number of hydrogen-bond acceptors (Lipinski definition) is 1. The summed E-state index contributed by atoms with van der Waals surface area (Å²) in [6.07, 6.45) is 0. The first-order valence-electron chi connectivity index (χ1n) is 9.59. The molecule has 0 aromatic heterocycles. The van der Waals surface area contributed by atoms with E-state index in [4.69, 9.17) is 16.3 Å². The van der Waals surface area contributed by atoms with Gasteiger partial charge in [0.25, 0.3) is 0 Å². The lowest BCUT2D eigenvalue weighted by atomic mass is 9.89. The van der Waals surface area contributed by atoms with Crippen molar-refractivity contribution in [3.8, 4) is 39.1 Å². The van der Waals surface area contributed by atoms with Crippen LogP contribution in [0.2, 0.25) is 5.02 Å². The Kier molecular flexibility index (Phi) is 7.43. The summed E-state index contributed by atoms with van der Waals surface area (Å²) < 4.78 is 66.6. The molecule has 174 valence electrons. The summed E-state index contributed by atoms with van der Waals surface area (Å²) in [7, 11) is 1.20. The minimum absolute atomic E-state index is 0.0226. The maximum atomic E-state index is 15.9. The smallest absolute Gasteiger partial charge is 0.174 e. The predicted molar refractivity (Wildman–Crippen MR) is 137 cm³/mol. The monoisotopic (exact) mass is 676 g/mol. The Hall–Kier alpha value is -1.87. The van der Waals surface area contributed by atoms with Gasteiger partial charge in [0.2, 0.25) is 0 Å². The zero-order valence-corrected chi connectivity index (χ0v) is 22.6. The third-order valence-corrected chi connectivity index (χ3v) is 7.26. The highest BCUT2D eigenvalue weighted by atomic mass is 79.9. The lowest BCUT2D eigenvalue weighted by Crippen LogP contribution is -2.03. The van der Waals surface area contributed by atoms with E-state index in [1.54, 1.807) is 24.3 Å². The number of methoxy groups -OCH3 is 1. The van der Waals surface area contributed by atoms with Gasteiger partial charge in [-0.05, 0) is 73.8 Å². The van der Waals surface area contributed by atoms with E-state index in [1.807, 2.05) is 0 Å². The Morgan fingerprint density at radius 2 is 1.44 bits per heavy atom. The Morgan fingerprint density at radius 3 is 2.09 bits per heavy atom. The van der Waals surface area contributed by atoms with Gasteiger partial charge in [0, 0.05) is 41.8 Å². The number of hydrogen-bond donors (Lipinski definition) is 0. The van der Waals surface area contributed by atoms with Crippen LogP contribution in [0.25, 0.3) is 33.4 Å². The van der Waals surface area contributed by atoms with E-state index in [0.717, 1.165) is 12.1 Å². The zero-order chi connectivity index (χ0) is 24.7. The van der Waals surface area contributed by atoms with Crippen LogP contribution >= 0.6 is 59.4 Å². The van der Waals surface area contributed by atoms with Crippen LogP contribution in [0, 0.1) is 23.3 Å². The van der Waals surface area contributed by atoms with Crippen LogP contribution in [0.15, 0.2) is 68.0 Å². The summed E-state index contributed by atoms with van der Waals surface area (Å²) in [6.45, 7) is 0. The molecule has 0 saturated carbocycles. The van der Waals surface area contributed by atoms with E-state index >= 15 is 13.2 Å². The van der Waals surface area contributed by atoms with Crippen LogP contribution in [-0.4, -0.2) is 7.11 Å². The summed E-state index contributed by atoms with van der Waals surface area (Å²) in [6, 6.07) is 12.5. The molecule has 4 aromatic rings. The minimum Gasteiger partial charge on any atom is -0.493 e. The number of rotatable bonds is 4. The molecule has 4 aromatic carbocycles. The second kappa shape index (κ2) is 10.0. The van der Waals surface area contributed by atoms with Crippen LogP contribution in [0.3, 0.4) is 0 Å². The van der Waals surface area contributed by atoms with Crippen molar-refractivity contribution in [2.45, 2.75) is 0 Å². The van der Waals surface area contributed by atoms with Crippen LogP contribution < -0.4 is 4.74 Å². The van der Waals surface area contributed by atoms with Crippen molar-refractivity contribution < 1.29 is 22.3 Å². The highest BCUT2D eigenvalue weighted by molar-refractivity contribution is 9.11. The fourth-order valence-electron chi connectivity index (χ4n) is 3.67. The largest absolute Gasteiger partial charge is 0.493 e. The predicted octanol–water partition coefficient (Wildman–Crippen LogP) is 10.2. The second-order valence-corrected chi connectivity index (χ2v) is 10.2. The molecule has 34 heavy (non-hydrogen) atoms. The van der Waals surface area contributed by atoms with Gasteiger partial charge >= 0.3 is 0 Å². The molecule has 4 rings (SSSR count). The van der Waals surface area contributed by atoms with Gasteiger partial charge in [-0.1, -0.05) is 45.7 Å². The van der Waals surface area contributed by atoms with Gasteiger partial charge in [-0.25, -0.2) is 17.6 Å². The first-order chi connectivity index (χ1) is 16.1. The molecule has 0 N–H and O–H groups in total. The number of benzene rings is 4. The van der Waals surface area contributed by atoms with Crippen LogP contribution in [0.5, 0.6) is 5.75 Å². The molecule has 0 fully saturated rings. The van der Waals surface area contributed by atoms with Gasteiger partial charge in [0.15, 0.2) is 11.6 Å². The molecule has 0 bridgehead atoms. The molecule has 0 amide bonds. The fourth-order valence-corrected chi connectivity index (χ4v) is 5.33. The average Bonchev–Trinajstić information content (AvgIpc) is 2.77. The van der Waals surface area contributed by atoms with E-state index in [-0.39, 0.29) is 42.5 Å². The SMILES string of the molecule is COc1c(F)c(-c2cccc(Cl)c2)c(Br)c(-c2ccc(Br)cc2F)c1-c1cc(F)c(Br)cc1F. The van der Waals surface area contributed by atoms with Gasteiger partial charge in [-0.2, -0.15) is 0 Å². The van der Waals surface area contributed by atoms with Crippen LogP contribution in [0.4, 0.5) is 17.6 Å². The van der Waals surface area contributed by atoms with Gasteiger partial charge in [0.05, 0.1) is 11.6 Å². The van der Waals surface area contributed by atoms with Crippen molar-refractivity contribution >= 4 is 59.4 Å². The molecule has 0 atom stereocenters. The van der Waals surface area contributed by atoms with Crippen LogP contribution in [0.1, 0.15) is 0 Å². The molecule has 0 radical (unpaired) electrons. The second-order valence-electron chi connectivity index (χ2n) is 7.17. The van der Waals surface area contributed by atoms with E-state index in [9.17, 15) is 4.39 Å². The molecule has 1 nitrogen and oxygen atoms in total. The Bertz CT molecular complexity index is 1440. The van der Waals surface area contributed by atoms with Gasteiger partial charge in [0.1, 0.15) is 17.5 Å². The molecule has 0 spiro atoms. The maximum absolute atomic E-state index is 15.9. The Balaban J connectivity index is 2.22. The topological polar surface area (TPSA) is 9.23 Å². The lowest BCUT2D eigenvalue weighted by molar-refractivity contribution is 0.389. The van der Waals surface area contributed by atoms with Crippen LogP contribution in [-0.2, 0) is 0 Å². The molecule has 0 saturated heterocycles. The normalized spacial score (nSPS) is 11.1. The van der Waals surface area contributed by atoms with E-state index in [2.05, 4.69) is 47.8 Å². The van der Waals surface area contributed by atoms with Gasteiger partial charge < -0.3 is 4.74 Å². The first-order valence-corrected chi connectivity index (χ1v) is 12.3. The molecule has 0 aliphatic heterocycles. The first kappa shape index (κ1) is 25.2. The Labute approximate surface area is 223 Å². The molecule has 0 heterocycles. The third kappa shape index (κ3) is 4.53. The quantitative estimate of drug-likeness (QED) is 0.154. The van der Waals surface area contributed by atoms with E-state index in [0.29, 0.717) is 15.1 Å². The molecular formula is C25H12Br3ClF4O.